The number of rotatable bonds is 15. The van der Waals surface area contributed by atoms with Gasteiger partial charge in [0.2, 0.25) is 0 Å². The molecule has 0 amide bonds. The zero-order valence-electron chi connectivity index (χ0n) is 28.9. The van der Waals surface area contributed by atoms with E-state index in [4.69, 9.17) is 30.5 Å². The Balaban J connectivity index is 1.32. The van der Waals surface area contributed by atoms with Crippen molar-refractivity contribution in [1.29, 1.82) is 0 Å². The first-order valence-electron chi connectivity index (χ1n) is 17.6. The third kappa shape index (κ3) is 9.22. The highest BCUT2D eigenvalue weighted by Crippen LogP contribution is 2.45. The maximum Gasteiger partial charge on any atom is 0.119 e. The molecule has 0 aliphatic heterocycles. The molecule has 50 heavy (non-hydrogen) atoms. The molecule has 6 rings (SSSR count). The maximum absolute atomic E-state index is 12.5. The van der Waals surface area contributed by atoms with E-state index in [0.717, 1.165) is 39.1 Å². The molecule has 0 bridgehead atoms. The maximum atomic E-state index is 12.5. The monoisotopic (exact) mass is 690 g/mol. The van der Waals surface area contributed by atoms with Crippen LogP contribution in [0, 0.1) is 11.8 Å². The molecular weight excluding hydrogens is 644 g/mol. The second-order valence-electron chi connectivity index (χ2n) is 13.2. The van der Waals surface area contributed by atoms with Crippen molar-refractivity contribution in [1.82, 2.24) is 0 Å². The van der Waals surface area contributed by atoms with Crippen LogP contribution < -0.4 is 4.74 Å². The van der Waals surface area contributed by atoms with Gasteiger partial charge in [0, 0.05) is 22.8 Å². The number of hydrogen-bond acceptors (Lipinski definition) is 5. The van der Waals surface area contributed by atoms with E-state index < -0.39 is 6.10 Å². The topological polar surface area (TPSA) is 57.2 Å². The molecule has 6 atom stereocenters. The lowest BCUT2D eigenvalue weighted by molar-refractivity contribution is -0.182. The molecule has 0 unspecified atom stereocenters. The van der Waals surface area contributed by atoms with Crippen LogP contribution in [0.25, 0.3) is 0 Å². The number of ether oxygens (including phenoxy) is 4. The molecule has 6 heteroatoms. The van der Waals surface area contributed by atoms with E-state index in [-0.39, 0.29) is 30.0 Å². The summed E-state index contributed by atoms with van der Waals surface area (Å²) in [4.78, 5) is 0. The van der Waals surface area contributed by atoms with Gasteiger partial charge in [0.1, 0.15) is 5.75 Å². The van der Waals surface area contributed by atoms with E-state index in [2.05, 4.69) is 61.5 Å². The SMILES string of the molecule is CCOc1ccc(Cc2cc([C@@H]3[C@@H](O)[C@H](COCc4ccccc4)[C@@H](OCc4ccccc4)[C@H](C)[C@H]3OCc3ccccc3)ccc2Cl)cc1. The number of halogens is 1. The van der Waals surface area contributed by atoms with E-state index in [9.17, 15) is 5.11 Å². The Bertz CT molecular complexity index is 1730. The van der Waals surface area contributed by atoms with Crippen LogP contribution in [0.15, 0.2) is 133 Å². The van der Waals surface area contributed by atoms with Gasteiger partial charge in [-0.05, 0) is 64.9 Å². The first-order chi connectivity index (χ1) is 24.5. The van der Waals surface area contributed by atoms with Crippen LogP contribution in [0.1, 0.15) is 53.1 Å². The number of aliphatic hydroxyl groups is 1. The van der Waals surface area contributed by atoms with Crippen LogP contribution in [-0.2, 0) is 40.5 Å². The molecule has 5 aromatic rings. The summed E-state index contributed by atoms with van der Waals surface area (Å²) in [6, 6.07) is 44.8. The molecule has 0 saturated heterocycles. The number of aliphatic hydroxyl groups excluding tert-OH is 1. The van der Waals surface area contributed by atoms with Crippen LogP contribution in [-0.4, -0.2) is 36.6 Å². The van der Waals surface area contributed by atoms with Gasteiger partial charge in [-0.25, -0.2) is 0 Å². The van der Waals surface area contributed by atoms with Gasteiger partial charge in [0.05, 0.1) is 51.3 Å². The van der Waals surface area contributed by atoms with Crippen LogP contribution >= 0.6 is 11.6 Å². The summed E-state index contributed by atoms with van der Waals surface area (Å²) in [5, 5.41) is 13.2. The molecule has 1 aliphatic carbocycles. The van der Waals surface area contributed by atoms with Crippen molar-refractivity contribution < 1.29 is 24.1 Å². The molecule has 1 aliphatic rings. The Morgan fingerprint density at radius 1 is 0.640 bits per heavy atom. The number of hydrogen-bond donors (Lipinski definition) is 1. The predicted molar refractivity (Wildman–Crippen MR) is 199 cm³/mol. The molecule has 260 valence electrons. The molecule has 0 radical (unpaired) electrons. The standard InChI is InChI=1S/C44H47ClO5/c1-3-48-38-22-19-32(20-23-38)25-37-26-36(21-24-40(37)45)41-42(46)39(30-47-27-33-13-7-4-8-14-33)43(49-28-34-15-9-5-10-16-34)31(2)44(41)50-29-35-17-11-6-12-18-35/h4-24,26,31,39,41-44,46H,3,25,27-30H2,1-2H3/t31-,39-,41+,42-,43-,44+/m0/s1. The van der Waals surface area contributed by atoms with E-state index in [1.165, 1.54) is 0 Å². The fraction of sp³-hybridized carbons (Fsp3) is 0.318. The third-order valence-electron chi connectivity index (χ3n) is 9.69. The van der Waals surface area contributed by atoms with Gasteiger partial charge < -0.3 is 24.1 Å². The Labute approximate surface area is 301 Å². The highest BCUT2D eigenvalue weighted by Gasteiger charge is 2.50. The highest BCUT2D eigenvalue weighted by atomic mass is 35.5. The summed E-state index contributed by atoms with van der Waals surface area (Å²) in [6.45, 7) is 6.44. The number of benzene rings is 5. The van der Waals surface area contributed by atoms with Crippen molar-refractivity contribution in [3.05, 3.63) is 172 Å². The van der Waals surface area contributed by atoms with Crippen molar-refractivity contribution in [2.45, 2.75) is 64.3 Å². The predicted octanol–water partition coefficient (Wildman–Crippen LogP) is 9.43. The van der Waals surface area contributed by atoms with Crippen LogP contribution in [0.4, 0.5) is 0 Å². The molecule has 0 aromatic heterocycles. The Morgan fingerprint density at radius 3 is 1.78 bits per heavy atom. The Morgan fingerprint density at radius 2 is 1.20 bits per heavy atom. The van der Waals surface area contributed by atoms with E-state index in [0.29, 0.717) is 44.5 Å². The normalized spacial score (nSPS) is 21.9. The average molecular weight is 691 g/mol. The van der Waals surface area contributed by atoms with Gasteiger partial charge in [-0.15, -0.1) is 0 Å². The summed E-state index contributed by atoms with van der Waals surface area (Å²) >= 11 is 6.83. The minimum absolute atomic E-state index is 0.0635. The summed E-state index contributed by atoms with van der Waals surface area (Å²) in [5.74, 6) is 0.140. The molecule has 1 N–H and O–H groups in total. The van der Waals surface area contributed by atoms with Gasteiger partial charge in [0.25, 0.3) is 0 Å². The van der Waals surface area contributed by atoms with Crippen molar-refractivity contribution >= 4 is 11.6 Å². The highest BCUT2D eigenvalue weighted by molar-refractivity contribution is 6.31. The van der Waals surface area contributed by atoms with E-state index >= 15 is 0 Å². The van der Waals surface area contributed by atoms with E-state index in [1.807, 2.05) is 85.8 Å². The molecule has 0 heterocycles. The molecule has 5 aromatic carbocycles. The molecule has 1 fully saturated rings. The summed E-state index contributed by atoms with van der Waals surface area (Å²) in [6.07, 6.45) is -0.799. The van der Waals surface area contributed by atoms with Crippen molar-refractivity contribution in [3.8, 4) is 5.75 Å². The molecule has 5 nitrogen and oxygen atoms in total. The summed E-state index contributed by atoms with van der Waals surface area (Å²) < 4.78 is 25.5. The third-order valence-corrected chi connectivity index (χ3v) is 10.1. The van der Waals surface area contributed by atoms with Gasteiger partial charge in [-0.3, -0.25) is 0 Å². The van der Waals surface area contributed by atoms with Crippen LogP contribution in [0.5, 0.6) is 5.75 Å². The lowest BCUT2D eigenvalue weighted by Gasteiger charge is -2.49. The molecule has 1 saturated carbocycles. The smallest absolute Gasteiger partial charge is 0.119 e. The first kappa shape index (κ1) is 35.8. The second-order valence-corrected chi connectivity index (χ2v) is 13.6. The van der Waals surface area contributed by atoms with Crippen LogP contribution in [0.2, 0.25) is 5.02 Å². The summed E-state index contributed by atoms with van der Waals surface area (Å²) in [5.41, 5.74) is 6.36. The summed E-state index contributed by atoms with van der Waals surface area (Å²) in [7, 11) is 0. The largest absolute Gasteiger partial charge is 0.494 e. The van der Waals surface area contributed by atoms with Crippen molar-refractivity contribution in [3.63, 3.8) is 0 Å². The fourth-order valence-corrected chi connectivity index (χ4v) is 7.30. The fourth-order valence-electron chi connectivity index (χ4n) is 7.12. The van der Waals surface area contributed by atoms with Gasteiger partial charge in [-0.1, -0.05) is 134 Å². The lowest BCUT2D eigenvalue weighted by Crippen LogP contribution is -2.56. The van der Waals surface area contributed by atoms with Gasteiger partial charge >= 0.3 is 0 Å². The quantitative estimate of drug-likeness (QED) is 0.119. The van der Waals surface area contributed by atoms with Crippen molar-refractivity contribution in [2.75, 3.05) is 13.2 Å². The average Bonchev–Trinajstić information content (AvgIpc) is 3.15. The minimum Gasteiger partial charge on any atom is -0.494 e. The molecular formula is C44H47ClO5. The zero-order valence-corrected chi connectivity index (χ0v) is 29.6. The minimum atomic E-state index is -0.803. The first-order valence-corrected chi connectivity index (χ1v) is 18.0. The lowest BCUT2D eigenvalue weighted by atomic mass is 9.67. The zero-order chi connectivity index (χ0) is 34.7. The second kappa shape index (κ2) is 17.8. The molecule has 0 spiro atoms. The van der Waals surface area contributed by atoms with Crippen molar-refractivity contribution in [2.24, 2.45) is 11.8 Å². The Kier molecular flexibility index (Phi) is 12.8. The van der Waals surface area contributed by atoms with Crippen LogP contribution in [0.3, 0.4) is 0 Å². The van der Waals surface area contributed by atoms with E-state index in [1.54, 1.807) is 0 Å². The van der Waals surface area contributed by atoms with Gasteiger partial charge in [-0.2, -0.15) is 0 Å². The van der Waals surface area contributed by atoms with Gasteiger partial charge in [0.15, 0.2) is 0 Å². The Hall–Kier alpha value is -3.97.